The number of anilines is 1. The maximum absolute atomic E-state index is 10.3. The molecule has 2 saturated heterocycles. The zero-order chi connectivity index (χ0) is 21.2. The van der Waals surface area contributed by atoms with E-state index in [2.05, 4.69) is 52.6 Å². The molecule has 8 heteroatoms. The van der Waals surface area contributed by atoms with Crippen LogP contribution in [0.2, 0.25) is 0 Å². The molecule has 2 aliphatic rings. The van der Waals surface area contributed by atoms with Gasteiger partial charge in [0.15, 0.2) is 0 Å². The summed E-state index contributed by atoms with van der Waals surface area (Å²) in [5.41, 5.74) is 5.57. The predicted octanol–water partition coefficient (Wildman–Crippen LogP) is 1.35. The molecule has 1 aromatic carbocycles. The standard InChI is InChI=1S/C23H28N4O4/c28-12-6-17-1-3-18(4-2-17)19-13-22-21(5-7-24-27(22)14-19)25-8-10-26(11-9-25)23(29)31-20-15-30-16-20/h1-5,7,13-14,20,23,28-29H,6,8-12,15-16H2. The predicted molar refractivity (Wildman–Crippen MR) is 117 cm³/mol. The Balaban J connectivity index is 1.30. The Morgan fingerprint density at radius 2 is 1.84 bits per heavy atom. The van der Waals surface area contributed by atoms with Crippen LogP contribution in [0.1, 0.15) is 5.56 Å². The number of benzene rings is 1. The molecule has 3 aromatic rings. The lowest BCUT2D eigenvalue weighted by molar-refractivity contribution is -0.262. The van der Waals surface area contributed by atoms with Gasteiger partial charge in [0.2, 0.25) is 6.41 Å². The SMILES string of the molecule is OCCc1ccc(-c2cc3c(N4CCN(C(O)OC5COC5)CC4)ccnn3c2)cc1. The lowest BCUT2D eigenvalue weighted by atomic mass is 10.1. The maximum atomic E-state index is 10.3. The number of rotatable bonds is 7. The van der Waals surface area contributed by atoms with E-state index >= 15 is 0 Å². The van der Waals surface area contributed by atoms with Gasteiger partial charge < -0.3 is 24.6 Å². The third kappa shape index (κ3) is 4.30. The Labute approximate surface area is 181 Å². The van der Waals surface area contributed by atoms with Crippen LogP contribution in [0.4, 0.5) is 5.69 Å². The maximum Gasteiger partial charge on any atom is 0.216 e. The van der Waals surface area contributed by atoms with Crippen LogP contribution in [0.3, 0.4) is 0 Å². The number of fused-ring (bicyclic) bond motifs is 1. The number of aliphatic hydroxyl groups excluding tert-OH is 2. The lowest BCUT2D eigenvalue weighted by Crippen LogP contribution is -2.53. The fraction of sp³-hybridized carbons (Fsp3) is 0.435. The van der Waals surface area contributed by atoms with E-state index in [1.54, 1.807) is 0 Å². The summed E-state index contributed by atoms with van der Waals surface area (Å²) in [6.45, 7) is 4.34. The van der Waals surface area contributed by atoms with E-state index in [0.717, 1.165) is 54.1 Å². The molecule has 1 atom stereocenters. The molecule has 0 amide bonds. The molecule has 2 N–H and O–H groups in total. The first kappa shape index (κ1) is 20.4. The van der Waals surface area contributed by atoms with Crippen molar-refractivity contribution in [2.45, 2.75) is 18.9 Å². The number of nitrogens with zero attached hydrogens (tertiary/aromatic N) is 4. The van der Waals surface area contributed by atoms with Crippen molar-refractivity contribution in [3.05, 3.63) is 54.4 Å². The molecular formula is C23H28N4O4. The summed E-state index contributed by atoms with van der Waals surface area (Å²) in [7, 11) is 0. The van der Waals surface area contributed by atoms with Gasteiger partial charge in [-0.25, -0.2) is 4.52 Å². The van der Waals surface area contributed by atoms with Crippen LogP contribution in [-0.2, 0) is 15.9 Å². The highest BCUT2D eigenvalue weighted by atomic mass is 16.7. The van der Waals surface area contributed by atoms with Crippen LogP contribution in [-0.4, -0.2) is 83.2 Å². The quantitative estimate of drug-likeness (QED) is 0.554. The highest BCUT2D eigenvalue weighted by Gasteiger charge is 2.28. The van der Waals surface area contributed by atoms with Crippen LogP contribution in [0.25, 0.3) is 16.6 Å². The van der Waals surface area contributed by atoms with Crippen LogP contribution in [0, 0.1) is 0 Å². The molecule has 0 spiro atoms. The molecule has 0 radical (unpaired) electrons. The number of aliphatic hydroxyl groups is 2. The minimum Gasteiger partial charge on any atom is -0.396 e. The summed E-state index contributed by atoms with van der Waals surface area (Å²) >= 11 is 0. The first-order valence-electron chi connectivity index (χ1n) is 10.8. The molecular weight excluding hydrogens is 396 g/mol. The van der Waals surface area contributed by atoms with Crippen molar-refractivity contribution >= 4 is 11.2 Å². The van der Waals surface area contributed by atoms with E-state index in [1.807, 2.05) is 15.6 Å². The molecule has 0 bridgehead atoms. The van der Waals surface area contributed by atoms with Crippen LogP contribution < -0.4 is 4.90 Å². The van der Waals surface area contributed by atoms with Gasteiger partial charge in [-0.15, -0.1) is 0 Å². The van der Waals surface area contributed by atoms with E-state index < -0.39 is 6.41 Å². The highest BCUT2D eigenvalue weighted by Crippen LogP contribution is 2.29. The van der Waals surface area contributed by atoms with E-state index in [0.29, 0.717) is 19.6 Å². The van der Waals surface area contributed by atoms with Gasteiger partial charge in [-0.1, -0.05) is 24.3 Å². The smallest absolute Gasteiger partial charge is 0.216 e. The van der Waals surface area contributed by atoms with Crippen LogP contribution in [0.15, 0.2) is 48.8 Å². The van der Waals surface area contributed by atoms with E-state index in [1.165, 1.54) is 0 Å². The molecule has 1 unspecified atom stereocenters. The van der Waals surface area contributed by atoms with Crippen molar-refractivity contribution < 1.29 is 19.7 Å². The van der Waals surface area contributed by atoms with Gasteiger partial charge in [-0.05, 0) is 29.7 Å². The van der Waals surface area contributed by atoms with E-state index in [4.69, 9.17) is 14.6 Å². The van der Waals surface area contributed by atoms with Crippen molar-refractivity contribution in [2.75, 3.05) is 50.9 Å². The molecule has 2 aliphatic heterocycles. The Kier molecular flexibility index (Phi) is 5.89. The van der Waals surface area contributed by atoms with Crippen molar-refractivity contribution in [1.82, 2.24) is 14.5 Å². The Morgan fingerprint density at radius 3 is 2.52 bits per heavy atom. The van der Waals surface area contributed by atoms with Crippen LogP contribution in [0.5, 0.6) is 0 Å². The average molecular weight is 425 g/mol. The molecule has 2 aromatic heterocycles. The third-order valence-corrected chi connectivity index (χ3v) is 6.06. The molecule has 2 fully saturated rings. The molecule has 5 rings (SSSR count). The Bertz CT molecular complexity index is 1010. The zero-order valence-corrected chi connectivity index (χ0v) is 17.4. The van der Waals surface area contributed by atoms with Gasteiger partial charge in [0.25, 0.3) is 0 Å². The normalized spacial score (nSPS) is 19.0. The minimum atomic E-state index is -0.873. The van der Waals surface area contributed by atoms with Gasteiger partial charge in [0.1, 0.15) is 6.10 Å². The van der Waals surface area contributed by atoms with Crippen molar-refractivity contribution in [3.63, 3.8) is 0 Å². The summed E-state index contributed by atoms with van der Waals surface area (Å²) in [6.07, 6.45) is 3.68. The van der Waals surface area contributed by atoms with Crippen molar-refractivity contribution in [2.24, 2.45) is 0 Å². The molecule has 8 nitrogen and oxygen atoms in total. The van der Waals surface area contributed by atoms with E-state index in [-0.39, 0.29) is 12.7 Å². The fourth-order valence-corrected chi connectivity index (χ4v) is 4.15. The molecule has 31 heavy (non-hydrogen) atoms. The summed E-state index contributed by atoms with van der Waals surface area (Å²) < 4.78 is 12.7. The second-order valence-corrected chi connectivity index (χ2v) is 8.09. The largest absolute Gasteiger partial charge is 0.396 e. The summed E-state index contributed by atoms with van der Waals surface area (Å²) in [5.74, 6) is 0. The highest BCUT2D eigenvalue weighted by molar-refractivity contribution is 5.80. The first-order valence-corrected chi connectivity index (χ1v) is 10.8. The van der Waals surface area contributed by atoms with Gasteiger partial charge in [-0.2, -0.15) is 5.10 Å². The van der Waals surface area contributed by atoms with Gasteiger partial charge in [0.05, 0.1) is 24.4 Å². The van der Waals surface area contributed by atoms with Gasteiger partial charge in [-0.3, -0.25) is 4.90 Å². The van der Waals surface area contributed by atoms with Crippen molar-refractivity contribution in [1.29, 1.82) is 0 Å². The summed E-state index contributed by atoms with van der Waals surface area (Å²) in [5, 5.41) is 23.9. The molecule has 164 valence electrons. The third-order valence-electron chi connectivity index (χ3n) is 6.06. The average Bonchev–Trinajstić information content (AvgIpc) is 3.21. The Hall–Kier alpha value is -2.49. The lowest BCUT2D eigenvalue weighted by Gasteiger charge is -2.39. The minimum absolute atomic E-state index is 0.00435. The summed E-state index contributed by atoms with van der Waals surface area (Å²) in [4.78, 5) is 4.30. The zero-order valence-electron chi connectivity index (χ0n) is 17.4. The number of piperazine rings is 1. The number of ether oxygens (including phenoxy) is 2. The second-order valence-electron chi connectivity index (χ2n) is 8.09. The second kappa shape index (κ2) is 8.94. The first-order chi connectivity index (χ1) is 15.2. The van der Waals surface area contributed by atoms with Crippen molar-refractivity contribution in [3.8, 4) is 11.1 Å². The topological polar surface area (TPSA) is 82.7 Å². The van der Waals surface area contributed by atoms with Gasteiger partial charge >= 0.3 is 0 Å². The Morgan fingerprint density at radius 1 is 1.06 bits per heavy atom. The summed E-state index contributed by atoms with van der Waals surface area (Å²) in [6, 6.07) is 12.5. The fourth-order valence-electron chi connectivity index (χ4n) is 4.15. The van der Waals surface area contributed by atoms with E-state index in [9.17, 15) is 5.11 Å². The molecule has 0 aliphatic carbocycles. The number of hydrogen-bond acceptors (Lipinski definition) is 7. The van der Waals surface area contributed by atoms with Gasteiger partial charge in [0, 0.05) is 50.7 Å². The molecule has 4 heterocycles. The number of hydrogen-bond donors (Lipinski definition) is 2. The monoisotopic (exact) mass is 424 g/mol. The molecule has 0 saturated carbocycles. The van der Waals surface area contributed by atoms with Crippen LogP contribution >= 0.6 is 0 Å². The number of aromatic nitrogens is 2.